The van der Waals surface area contributed by atoms with Crippen LogP contribution in [-0.2, 0) is 14.1 Å². The van der Waals surface area contributed by atoms with Gasteiger partial charge in [0, 0.05) is 13.8 Å². The van der Waals surface area contributed by atoms with E-state index >= 15 is 0 Å². The van der Waals surface area contributed by atoms with E-state index in [1.807, 2.05) is 95.9 Å². The topological polar surface area (TPSA) is 75.7 Å². The van der Waals surface area contributed by atoms with Gasteiger partial charge >= 0.3 is 0 Å². The van der Waals surface area contributed by atoms with Gasteiger partial charge in [0.05, 0.1) is 42.3 Å². The normalized spacial score (nSPS) is 8.15. The Bertz CT molecular complexity index is 324. The Morgan fingerprint density at radius 2 is 1.27 bits per heavy atom. The van der Waals surface area contributed by atoms with E-state index in [0.29, 0.717) is 0 Å². The Labute approximate surface area is 165 Å². The molecule has 0 amide bonds. The second kappa shape index (κ2) is 28.5. The van der Waals surface area contributed by atoms with Gasteiger partial charge in [-0.25, -0.2) is 9.13 Å². The van der Waals surface area contributed by atoms with Crippen LogP contribution >= 0.6 is 0 Å². The second-order valence-electron chi connectivity index (χ2n) is 7.35. The van der Waals surface area contributed by atoms with Gasteiger partial charge in [-0.2, -0.15) is 0 Å². The van der Waals surface area contributed by atoms with Gasteiger partial charge in [0.15, 0.2) is 0 Å². The van der Waals surface area contributed by atoms with Crippen molar-refractivity contribution in [3.8, 4) is 0 Å². The molecule has 5 N–H and O–H groups in total. The molecule has 1 aromatic heterocycles. The van der Waals surface area contributed by atoms with Gasteiger partial charge < -0.3 is 20.4 Å². The lowest BCUT2D eigenvalue weighted by Crippen LogP contribution is -2.34. The maximum Gasteiger partial charge on any atom is 0.243 e. The molecule has 0 aliphatic carbocycles. The Morgan fingerprint density at radius 1 is 1.08 bits per heavy atom. The predicted octanol–water partition coefficient (Wildman–Crippen LogP) is -0.377. The van der Waals surface area contributed by atoms with Crippen molar-refractivity contribution in [1.29, 1.82) is 0 Å². The number of nitrogens with zero attached hydrogens (tertiary/aromatic N) is 4. The third kappa shape index (κ3) is 180. The standard InChI is InChI=1S/C5H9N2.C4H12N.C3H9N.C3H7N.C2H7N.CH5N.CH4/c1-6-3-4-7(2)5-6;1-5(2,3)4;1-4(2)3;1-3(2)4;1-3-2;1-2;/h3-5H,1-2H3;1-4H3;1-3H3;4H,1-2H3;3H,1-2H3;2H2,1H3;1H4/q2*+1;;;;;/p+1. The fraction of sp³-hybridized carbons (Fsp3) is 0.789. The maximum absolute atomic E-state index is 5.03. The molecule has 162 valence electrons. The SMILES string of the molecule is C.CC(C)=[NH2+].CN.CN(C)C.CNC.C[N+](C)(C)C.Cn1cc[n+](C)c1. The minimum atomic E-state index is 0. The summed E-state index contributed by atoms with van der Waals surface area (Å²) < 4.78 is 5.00. The number of rotatable bonds is 0. The molecule has 0 bridgehead atoms. The number of hydrogen-bond donors (Lipinski definition) is 3. The lowest BCUT2D eigenvalue weighted by atomic mass is 10.5. The van der Waals surface area contributed by atoms with Crippen molar-refractivity contribution in [2.45, 2.75) is 21.3 Å². The first-order chi connectivity index (χ1) is 11.2. The highest BCUT2D eigenvalue weighted by atomic mass is 15.2. The number of aryl methyl sites for hydroxylation is 2. The van der Waals surface area contributed by atoms with E-state index in [9.17, 15) is 0 Å². The molecular weight excluding hydrogens is 326 g/mol. The zero-order valence-electron chi connectivity index (χ0n) is 19.7. The molecule has 0 radical (unpaired) electrons. The van der Waals surface area contributed by atoms with Gasteiger partial charge in [0.1, 0.15) is 18.1 Å². The summed E-state index contributed by atoms with van der Waals surface area (Å²) in [5, 5.41) is 7.78. The van der Waals surface area contributed by atoms with E-state index in [1.54, 1.807) is 0 Å². The summed E-state index contributed by atoms with van der Waals surface area (Å²) in [6, 6.07) is 0. The molecule has 0 atom stereocenters. The zero-order valence-corrected chi connectivity index (χ0v) is 19.7. The largest absolute Gasteiger partial charge is 0.333 e. The number of aromatic nitrogens is 2. The molecule has 0 spiro atoms. The zero-order chi connectivity index (χ0) is 21.6. The number of nitrogens with two attached hydrogens (primary N) is 2. The average Bonchev–Trinajstić information content (AvgIpc) is 2.73. The highest BCUT2D eigenvalue weighted by molar-refractivity contribution is 5.72. The molecule has 1 heterocycles. The highest BCUT2D eigenvalue weighted by Gasteiger charge is 1.88. The van der Waals surface area contributed by atoms with Gasteiger partial charge in [-0.15, -0.1) is 0 Å². The number of imidazole rings is 1. The van der Waals surface area contributed by atoms with E-state index in [-0.39, 0.29) is 7.43 Å². The summed E-state index contributed by atoms with van der Waals surface area (Å²) in [5.74, 6) is 0. The Hall–Kier alpha value is -1.28. The molecule has 0 unspecified atom stereocenters. The van der Waals surface area contributed by atoms with Gasteiger partial charge in [0.25, 0.3) is 0 Å². The summed E-state index contributed by atoms with van der Waals surface area (Å²) in [4.78, 5) is 2.00. The number of hydrogen-bond acceptors (Lipinski definition) is 3. The van der Waals surface area contributed by atoms with Crippen LogP contribution in [0.3, 0.4) is 0 Å². The lowest BCUT2D eigenvalue weighted by Gasteiger charge is -2.14. The van der Waals surface area contributed by atoms with Gasteiger partial charge in [-0.3, -0.25) is 5.41 Å². The van der Waals surface area contributed by atoms with Crippen molar-refractivity contribution in [2.24, 2.45) is 19.8 Å². The van der Waals surface area contributed by atoms with E-state index < -0.39 is 0 Å². The van der Waals surface area contributed by atoms with Crippen molar-refractivity contribution < 1.29 is 14.5 Å². The summed E-state index contributed by atoms with van der Waals surface area (Å²) in [6.07, 6.45) is 6.00. The summed E-state index contributed by atoms with van der Waals surface area (Å²) in [5.41, 5.74) is 5.42. The Kier molecular flexibility index (Phi) is 43.5. The van der Waals surface area contributed by atoms with Gasteiger partial charge in [-0.05, 0) is 42.3 Å². The van der Waals surface area contributed by atoms with Crippen LogP contribution in [-0.4, -0.2) is 90.1 Å². The van der Waals surface area contributed by atoms with Crippen molar-refractivity contribution >= 4 is 5.71 Å². The fourth-order valence-electron chi connectivity index (χ4n) is 0.575. The average molecular weight is 381 g/mol. The van der Waals surface area contributed by atoms with Crippen molar-refractivity contribution in [1.82, 2.24) is 14.8 Å². The Morgan fingerprint density at radius 3 is 1.31 bits per heavy atom. The first kappa shape index (κ1) is 39.7. The molecule has 0 aliphatic heterocycles. The van der Waals surface area contributed by atoms with Crippen LogP contribution in [0.1, 0.15) is 21.3 Å². The molecule has 0 saturated carbocycles. The summed E-state index contributed by atoms with van der Waals surface area (Å²) in [7, 11) is 23.8. The number of nitrogens with one attached hydrogen (secondary N) is 1. The summed E-state index contributed by atoms with van der Waals surface area (Å²) >= 11 is 0. The smallest absolute Gasteiger partial charge is 0.243 e. The van der Waals surface area contributed by atoms with Crippen LogP contribution in [0, 0.1) is 0 Å². The molecule has 0 fully saturated rings. The highest BCUT2D eigenvalue weighted by Crippen LogP contribution is 1.73. The quantitative estimate of drug-likeness (QED) is 0.326. The fourth-order valence-corrected chi connectivity index (χ4v) is 0.575. The maximum atomic E-state index is 5.03. The van der Waals surface area contributed by atoms with Crippen LogP contribution in [0.4, 0.5) is 0 Å². The minimum Gasteiger partial charge on any atom is -0.333 e. The van der Waals surface area contributed by atoms with E-state index in [0.717, 1.165) is 10.2 Å². The molecule has 26 heavy (non-hydrogen) atoms. The molecule has 7 heteroatoms. The third-order valence-corrected chi connectivity index (χ3v) is 0.901. The third-order valence-electron chi connectivity index (χ3n) is 0.901. The van der Waals surface area contributed by atoms with E-state index in [2.05, 4.69) is 39.2 Å². The molecule has 0 aromatic carbocycles. The molecule has 0 saturated heterocycles. The monoisotopic (exact) mass is 380 g/mol. The van der Waals surface area contributed by atoms with Crippen molar-refractivity contribution in [2.75, 3.05) is 70.5 Å². The first-order valence-corrected chi connectivity index (χ1v) is 8.26. The molecule has 1 rings (SSSR count). The molecule has 0 aliphatic rings. The lowest BCUT2D eigenvalue weighted by molar-refractivity contribution is -0.849. The van der Waals surface area contributed by atoms with Crippen LogP contribution in [0.15, 0.2) is 18.7 Å². The first-order valence-electron chi connectivity index (χ1n) is 8.26. The van der Waals surface area contributed by atoms with Crippen LogP contribution < -0.4 is 21.0 Å². The summed E-state index contributed by atoms with van der Waals surface area (Å²) in [6.45, 7) is 3.72. The molecular formula is C19H54N7+3. The molecule has 7 nitrogen and oxygen atoms in total. The van der Waals surface area contributed by atoms with Crippen LogP contribution in [0.25, 0.3) is 0 Å². The van der Waals surface area contributed by atoms with Gasteiger partial charge in [-0.1, -0.05) is 7.43 Å². The second-order valence-corrected chi connectivity index (χ2v) is 7.35. The Balaban J connectivity index is -0.0000000480. The van der Waals surface area contributed by atoms with E-state index in [1.165, 1.54) is 7.05 Å². The minimum absolute atomic E-state index is 0. The van der Waals surface area contributed by atoms with Crippen molar-refractivity contribution in [3.63, 3.8) is 0 Å². The van der Waals surface area contributed by atoms with Crippen LogP contribution in [0.2, 0.25) is 0 Å². The molecule has 1 aromatic rings. The van der Waals surface area contributed by atoms with Crippen molar-refractivity contribution in [3.05, 3.63) is 18.7 Å². The van der Waals surface area contributed by atoms with Gasteiger partial charge in [0.2, 0.25) is 6.33 Å². The predicted molar refractivity (Wildman–Crippen MR) is 120 cm³/mol. The van der Waals surface area contributed by atoms with E-state index in [4.69, 9.17) is 5.41 Å². The number of quaternary nitrogens is 1. The van der Waals surface area contributed by atoms with Crippen LogP contribution in [0.5, 0.6) is 0 Å².